The lowest BCUT2D eigenvalue weighted by atomic mass is 9.58. The quantitative estimate of drug-likeness (QED) is 0.484. The van der Waals surface area contributed by atoms with E-state index in [0.717, 1.165) is 12.8 Å². The molecular formula is C18H40N2. The maximum atomic E-state index is 6.72. The molecule has 0 aromatic heterocycles. The number of nitrogens with two attached hydrogens (primary N) is 2. The van der Waals surface area contributed by atoms with Gasteiger partial charge in [-0.2, -0.15) is 0 Å². The van der Waals surface area contributed by atoms with E-state index in [9.17, 15) is 0 Å². The molecule has 0 atom stereocenters. The van der Waals surface area contributed by atoms with Gasteiger partial charge in [-0.3, -0.25) is 0 Å². The second-order valence-corrected chi connectivity index (χ2v) is 6.72. The standard InChI is InChI=1S/C18H40N2/c1-6-11-16(12-7-2)17(13-8-3,14-9-4)18(19,20)15-10-5/h16H,6-15,19-20H2,1-5H3. The third kappa shape index (κ3) is 4.73. The van der Waals surface area contributed by atoms with Crippen LogP contribution in [0.1, 0.15) is 98.8 Å². The Balaban J connectivity index is 5.56. The summed E-state index contributed by atoms with van der Waals surface area (Å²) >= 11 is 0. The van der Waals surface area contributed by atoms with E-state index >= 15 is 0 Å². The zero-order valence-electron chi connectivity index (χ0n) is 14.8. The molecule has 0 unspecified atom stereocenters. The van der Waals surface area contributed by atoms with E-state index in [2.05, 4.69) is 34.6 Å². The molecule has 0 amide bonds. The minimum Gasteiger partial charge on any atom is -0.313 e. The normalized spacial score (nSPS) is 13.2. The molecule has 0 saturated heterocycles. The second kappa shape index (κ2) is 9.78. The zero-order valence-corrected chi connectivity index (χ0v) is 14.8. The van der Waals surface area contributed by atoms with Gasteiger partial charge in [-0.25, -0.2) is 0 Å². The van der Waals surface area contributed by atoms with Crippen LogP contribution in [0.15, 0.2) is 0 Å². The minimum absolute atomic E-state index is 0.124. The van der Waals surface area contributed by atoms with Crippen molar-refractivity contribution < 1.29 is 0 Å². The summed E-state index contributed by atoms with van der Waals surface area (Å²) in [5, 5.41) is 0. The van der Waals surface area contributed by atoms with Crippen molar-refractivity contribution in [2.24, 2.45) is 22.8 Å². The second-order valence-electron chi connectivity index (χ2n) is 6.72. The van der Waals surface area contributed by atoms with Gasteiger partial charge in [0.25, 0.3) is 0 Å². The van der Waals surface area contributed by atoms with E-state index in [1.807, 2.05) is 0 Å². The highest BCUT2D eigenvalue weighted by molar-refractivity contribution is 5.01. The molecule has 0 radical (unpaired) electrons. The largest absolute Gasteiger partial charge is 0.313 e. The highest BCUT2D eigenvalue weighted by Gasteiger charge is 2.48. The topological polar surface area (TPSA) is 52.0 Å². The Labute approximate surface area is 128 Å². The summed E-state index contributed by atoms with van der Waals surface area (Å²) in [6, 6.07) is 0. The van der Waals surface area contributed by atoms with Gasteiger partial charge in [0.1, 0.15) is 0 Å². The maximum Gasteiger partial charge on any atom is 0.0697 e. The van der Waals surface area contributed by atoms with E-state index < -0.39 is 5.66 Å². The third-order valence-corrected chi connectivity index (χ3v) is 5.04. The molecule has 20 heavy (non-hydrogen) atoms. The van der Waals surface area contributed by atoms with Crippen molar-refractivity contribution in [2.75, 3.05) is 0 Å². The van der Waals surface area contributed by atoms with E-state index in [1.54, 1.807) is 0 Å². The Morgan fingerprint density at radius 3 is 1.35 bits per heavy atom. The Kier molecular flexibility index (Phi) is 9.74. The molecule has 0 aliphatic heterocycles. The Morgan fingerprint density at radius 1 is 0.650 bits per heavy atom. The fourth-order valence-corrected chi connectivity index (χ4v) is 4.33. The fraction of sp³-hybridized carbons (Fsp3) is 1.00. The highest BCUT2D eigenvalue weighted by Crippen LogP contribution is 2.49. The summed E-state index contributed by atoms with van der Waals surface area (Å²) in [7, 11) is 0. The van der Waals surface area contributed by atoms with Crippen LogP contribution in [0.5, 0.6) is 0 Å². The van der Waals surface area contributed by atoms with Crippen molar-refractivity contribution in [3.63, 3.8) is 0 Å². The summed E-state index contributed by atoms with van der Waals surface area (Å²) in [4.78, 5) is 0. The molecular weight excluding hydrogens is 244 g/mol. The van der Waals surface area contributed by atoms with Crippen LogP contribution in [0, 0.1) is 11.3 Å². The van der Waals surface area contributed by atoms with Gasteiger partial charge in [0.15, 0.2) is 0 Å². The molecule has 0 aromatic rings. The smallest absolute Gasteiger partial charge is 0.0697 e. The molecule has 2 heteroatoms. The fourth-order valence-electron chi connectivity index (χ4n) is 4.33. The van der Waals surface area contributed by atoms with Gasteiger partial charge < -0.3 is 11.5 Å². The van der Waals surface area contributed by atoms with Crippen LogP contribution >= 0.6 is 0 Å². The third-order valence-electron chi connectivity index (χ3n) is 5.04. The van der Waals surface area contributed by atoms with Crippen molar-refractivity contribution in [3.05, 3.63) is 0 Å². The Morgan fingerprint density at radius 2 is 1.05 bits per heavy atom. The molecule has 0 bridgehead atoms. The lowest BCUT2D eigenvalue weighted by Gasteiger charge is -2.52. The molecule has 0 saturated carbocycles. The SMILES string of the molecule is CCCC(CCC)C(CCC)(CCC)C(N)(N)CCC. The summed E-state index contributed by atoms with van der Waals surface area (Å²) < 4.78 is 0. The summed E-state index contributed by atoms with van der Waals surface area (Å²) in [6.07, 6.45) is 11.8. The Bertz CT molecular complexity index is 224. The van der Waals surface area contributed by atoms with Gasteiger partial charge in [-0.15, -0.1) is 0 Å². The van der Waals surface area contributed by atoms with Crippen LogP contribution in [0.2, 0.25) is 0 Å². The van der Waals surface area contributed by atoms with E-state index in [0.29, 0.717) is 5.92 Å². The van der Waals surface area contributed by atoms with E-state index in [4.69, 9.17) is 11.5 Å². The molecule has 122 valence electrons. The van der Waals surface area contributed by atoms with Crippen molar-refractivity contribution in [1.82, 2.24) is 0 Å². The molecule has 4 N–H and O–H groups in total. The van der Waals surface area contributed by atoms with Crippen LogP contribution in [0.25, 0.3) is 0 Å². The minimum atomic E-state index is -0.511. The lowest BCUT2D eigenvalue weighted by molar-refractivity contribution is 0.00650. The molecule has 0 aliphatic carbocycles. The number of hydrogen-bond acceptors (Lipinski definition) is 2. The molecule has 0 spiro atoms. The van der Waals surface area contributed by atoms with Crippen molar-refractivity contribution in [1.29, 1.82) is 0 Å². The molecule has 0 aromatic carbocycles. The molecule has 0 fully saturated rings. The zero-order chi connectivity index (χ0) is 15.6. The number of rotatable bonds is 12. The first kappa shape index (κ1) is 19.9. The average Bonchev–Trinajstić information content (AvgIpc) is 2.38. The average molecular weight is 285 g/mol. The molecule has 2 nitrogen and oxygen atoms in total. The van der Waals surface area contributed by atoms with Gasteiger partial charge in [-0.1, -0.05) is 79.6 Å². The van der Waals surface area contributed by atoms with Crippen LogP contribution < -0.4 is 11.5 Å². The summed E-state index contributed by atoms with van der Waals surface area (Å²) in [5.41, 5.74) is 13.0. The highest BCUT2D eigenvalue weighted by atomic mass is 15.0. The van der Waals surface area contributed by atoms with Gasteiger partial charge in [-0.05, 0) is 25.2 Å². The van der Waals surface area contributed by atoms with Crippen LogP contribution in [-0.2, 0) is 0 Å². The predicted molar refractivity (Wildman–Crippen MR) is 91.6 cm³/mol. The van der Waals surface area contributed by atoms with Gasteiger partial charge in [0.05, 0.1) is 5.66 Å². The van der Waals surface area contributed by atoms with Crippen molar-refractivity contribution in [2.45, 2.75) is 104 Å². The van der Waals surface area contributed by atoms with E-state index in [1.165, 1.54) is 51.4 Å². The maximum absolute atomic E-state index is 6.72. The molecule has 0 aliphatic rings. The lowest BCUT2D eigenvalue weighted by Crippen LogP contribution is -2.65. The Hall–Kier alpha value is -0.0800. The first-order valence-corrected chi connectivity index (χ1v) is 9.03. The van der Waals surface area contributed by atoms with Crippen molar-refractivity contribution >= 4 is 0 Å². The first-order chi connectivity index (χ1) is 9.45. The number of hydrogen-bond donors (Lipinski definition) is 2. The van der Waals surface area contributed by atoms with Gasteiger partial charge in [0, 0.05) is 5.41 Å². The van der Waals surface area contributed by atoms with Crippen LogP contribution in [0.3, 0.4) is 0 Å². The summed E-state index contributed by atoms with van der Waals surface area (Å²) in [6.45, 7) is 11.3. The van der Waals surface area contributed by atoms with Crippen LogP contribution in [-0.4, -0.2) is 5.66 Å². The first-order valence-electron chi connectivity index (χ1n) is 9.03. The monoisotopic (exact) mass is 284 g/mol. The van der Waals surface area contributed by atoms with Crippen molar-refractivity contribution in [3.8, 4) is 0 Å². The van der Waals surface area contributed by atoms with Crippen LogP contribution in [0.4, 0.5) is 0 Å². The van der Waals surface area contributed by atoms with Gasteiger partial charge >= 0.3 is 0 Å². The predicted octanol–water partition coefficient (Wildman–Crippen LogP) is 5.20. The molecule has 0 rings (SSSR count). The summed E-state index contributed by atoms with van der Waals surface area (Å²) in [5.74, 6) is 0.680. The molecule has 0 heterocycles. The van der Waals surface area contributed by atoms with E-state index in [-0.39, 0.29) is 5.41 Å². The van der Waals surface area contributed by atoms with Gasteiger partial charge in [0.2, 0.25) is 0 Å².